The van der Waals surface area contributed by atoms with Crippen molar-refractivity contribution < 1.29 is 4.79 Å². The molecular weight excluding hydrogens is 176 g/mol. The lowest BCUT2D eigenvalue weighted by molar-refractivity contribution is 0.0944. The molecule has 0 saturated heterocycles. The second kappa shape index (κ2) is 3.46. The largest absolute Gasteiger partial charge is 0.278 e. The molecule has 0 aliphatic rings. The van der Waals surface area contributed by atoms with Crippen molar-refractivity contribution in [3.8, 4) is 0 Å². The zero-order valence-corrected chi connectivity index (χ0v) is 7.84. The van der Waals surface area contributed by atoms with E-state index in [0.717, 1.165) is 5.56 Å². The standard InChI is InChI=1S/C11H10N2O/c1-9-5-2-3-6-10(9)11(14)13-8-4-7-12-13/h2-8H,1H3. The topological polar surface area (TPSA) is 34.9 Å². The zero-order valence-electron chi connectivity index (χ0n) is 7.84. The predicted octanol–water partition coefficient (Wildman–Crippen LogP) is 1.88. The Morgan fingerprint density at radius 2 is 2.07 bits per heavy atom. The third-order valence-electron chi connectivity index (χ3n) is 2.09. The van der Waals surface area contributed by atoms with Crippen molar-refractivity contribution in [3.05, 3.63) is 53.9 Å². The summed E-state index contributed by atoms with van der Waals surface area (Å²) in [5, 5.41) is 3.90. The maximum atomic E-state index is 11.8. The quantitative estimate of drug-likeness (QED) is 0.681. The van der Waals surface area contributed by atoms with Gasteiger partial charge >= 0.3 is 0 Å². The maximum absolute atomic E-state index is 11.8. The van der Waals surface area contributed by atoms with Gasteiger partial charge in [-0.05, 0) is 24.6 Å². The molecule has 0 spiro atoms. The summed E-state index contributed by atoms with van der Waals surface area (Å²) >= 11 is 0. The van der Waals surface area contributed by atoms with Gasteiger partial charge in [-0.1, -0.05) is 18.2 Å². The highest BCUT2D eigenvalue weighted by Gasteiger charge is 2.09. The number of hydrogen-bond donors (Lipinski definition) is 0. The van der Waals surface area contributed by atoms with E-state index >= 15 is 0 Å². The van der Waals surface area contributed by atoms with E-state index in [9.17, 15) is 4.79 Å². The molecule has 0 unspecified atom stereocenters. The van der Waals surface area contributed by atoms with Crippen LogP contribution in [0.15, 0.2) is 42.7 Å². The first-order chi connectivity index (χ1) is 6.79. The Bertz CT molecular complexity index is 446. The van der Waals surface area contributed by atoms with Crippen LogP contribution in [0, 0.1) is 6.92 Å². The molecule has 3 heteroatoms. The minimum absolute atomic E-state index is 0.0897. The predicted molar refractivity (Wildman–Crippen MR) is 53.1 cm³/mol. The van der Waals surface area contributed by atoms with Gasteiger partial charge in [0, 0.05) is 18.0 Å². The molecule has 0 radical (unpaired) electrons. The Morgan fingerprint density at radius 1 is 1.29 bits per heavy atom. The van der Waals surface area contributed by atoms with Crippen LogP contribution in [-0.2, 0) is 0 Å². The molecule has 2 aromatic rings. The summed E-state index contributed by atoms with van der Waals surface area (Å²) in [5.41, 5.74) is 1.66. The molecule has 0 N–H and O–H groups in total. The first kappa shape index (κ1) is 8.69. The summed E-state index contributed by atoms with van der Waals surface area (Å²) in [4.78, 5) is 11.8. The monoisotopic (exact) mass is 186 g/mol. The smallest absolute Gasteiger partial charge is 0.267 e. The zero-order chi connectivity index (χ0) is 9.97. The average molecular weight is 186 g/mol. The lowest BCUT2D eigenvalue weighted by Gasteiger charge is -2.03. The molecule has 0 amide bonds. The number of aryl methyl sites for hydroxylation is 1. The summed E-state index contributed by atoms with van der Waals surface area (Å²) in [6, 6.07) is 9.21. The highest BCUT2D eigenvalue weighted by molar-refractivity contribution is 5.96. The summed E-state index contributed by atoms with van der Waals surface area (Å²) in [6.45, 7) is 1.91. The average Bonchev–Trinajstić information content (AvgIpc) is 2.70. The minimum Gasteiger partial charge on any atom is -0.267 e. The van der Waals surface area contributed by atoms with E-state index in [1.54, 1.807) is 24.5 Å². The molecule has 0 fully saturated rings. The van der Waals surface area contributed by atoms with Crippen molar-refractivity contribution in [1.82, 2.24) is 9.78 Å². The van der Waals surface area contributed by atoms with Gasteiger partial charge in [-0.2, -0.15) is 5.10 Å². The Labute approximate surface area is 82.0 Å². The number of aromatic nitrogens is 2. The Balaban J connectivity index is 2.42. The summed E-state index contributed by atoms with van der Waals surface area (Å²) in [7, 11) is 0. The molecule has 2 rings (SSSR count). The van der Waals surface area contributed by atoms with Crippen molar-refractivity contribution in [1.29, 1.82) is 0 Å². The number of rotatable bonds is 1. The Hall–Kier alpha value is -1.90. The summed E-state index contributed by atoms with van der Waals surface area (Å²) in [5.74, 6) is -0.0897. The fourth-order valence-corrected chi connectivity index (χ4v) is 1.33. The normalized spacial score (nSPS) is 10.1. The molecule has 1 aromatic heterocycles. The molecule has 0 saturated carbocycles. The fourth-order valence-electron chi connectivity index (χ4n) is 1.33. The van der Waals surface area contributed by atoms with Crippen LogP contribution in [0.3, 0.4) is 0 Å². The number of nitrogens with zero attached hydrogens (tertiary/aromatic N) is 2. The van der Waals surface area contributed by atoms with E-state index in [1.165, 1.54) is 4.68 Å². The molecule has 0 aliphatic heterocycles. The molecular formula is C11H10N2O. The lowest BCUT2D eigenvalue weighted by atomic mass is 10.1. The summed E-state index contributed by atoms with van der Waals surface area (Å²) in [6.07, 6.45) is 3.24. The van der Waals surface area contributed by atoms with Crippen LogP contribution >= 0.6 is 0 Å². The molecule has 3 nitrogen and oxygen atoms in total. The fraction of sp³-hybridized carbons (Fsp3) is 0.0909. The third kappa shape index (κ3) is 1.44. The Kier molecular flexibility index (Phi) is 2.14. The molecule has 0 atom stereocenters. The molecule has 70 valence electrons. The number of hydrogen-bond acceptors (Lipinski definition) is 2. The van der Waals surface area contributed by atoms with Crippen LogP contribution in [0.5, 0.6) is 0 Å². The summed E-state index contributed by atoms with van der Waals surface area (Å²) < 4.78 is 1.34. The number of benzene rings is 1. The van der Waals surface area contributed by atoms with Crippen molar-refractivity contribution in [3.63, 3.8) is 0 Å². The molecule has 0 aliphatic carbocycles. The van der Waals surface area contributed by atoms with Crippen LogP contribution in [0.4, 0.5) is 0 Å². The van der Waals surface area contributed by atoms with Gasteiger partial charge in [-0.15, -0.1) is 0 Å². The SMILES string of the molecule is Cc1ccccc1C(=O)n1cccn1. The molecule has 0 bridgehead atoms. The minimum atomic E-state index is -0.0897. The van der Waals surface area contributed by atoms with Gasteiger partial charge in [-0.25, -0.2) is 4.68 Å². The second-order valence-electron chi connectivity index (χ2n) is 3.07. The molecule has 1 aromatic carbocycles. The lowest BCUT2D eigenvalue weighted by Crippen LogP contribution is -2.13. The third-order valence-corrected chi connectivity index (χ3v) is 2.09. The van der Waals surface area contributed by atoms with Gasteiger partial charge in [0.15, 0.2) is 0 Å². The van der Waals surface area contributed by atoms with Crippen LogP contribution in [0.1, 0.15) is 15.9 Å². The van der Waals surface area contributed by atoms with Crippen molar-refractivity contribution in [2.75, 3.05) is 0 Å². The maximum Gasteiger partial charge on any atom is 0.278 e. The first-order valence-electron chi connectivity index (χ1n) is 4.39. The van der Waals surface area contributed by atoms with E-state index in [-0.39, 0.29) is 5.91 Å². The van der Waals surface area contributed by atoms with Crippen molar-refractivity contribution in [2.24, 2.45) is 0 Å². The Morgan fingerprint density at radius 3 is 2.71 bits per heavy atom. The van der Waals surface area contributed by atoms with Crippen LogP contribution < -0.4 is 0 Å². The van der Waals surface area contributed by atoms with Gasteiger partial charge in [0.2, 0.25) is 0 Å². The highest BCUT2D eigenvalue weighted by atomic mass is 16.2. The van der Waals surface area contributed by atoms with E-state index in [0.29, 0.717) is 5.56 Å². The van der Waals surface area contributed by atoms with E-state index in [2.05, 4.69) is 5.10 Å². The number of carbonyl (C=O) groups is 1. The van der Waals surface area contributed by atoms with Gasteiger partial charge in [-0.3, -0.25) is 4.79 Å². The van der Waals surface area contributed by atoms with Crippen molar-refractivity contribution in [2.45, 2.75) is 6.92 Å². The second-order valence-corrected chi connectivity index (χ2v) is 3.07. The first-order valence-corrected chi connectivity index (χ1v) is 4.39. The van der Waals surface area contributed by atoms with Crippen molar-refractivity contribution >= 4 is 5.91 Å². The van der Waals surface area contributed by atoms with Crippen LogP contribution in [0.2, 0.25) is 0 Å². The molecule has 14 heavy (non-hydrogen) atoms. The molecule has 1 heterocycles. The number of carbonyl (C=O) groups excluding carboxylic acids is 1. The van der Waals surface area contributed by atoms with Gasteiger partial charge in [0.25, 0.3) is 5.91 Å². The van der Waals surface area contributed by atoms with E-state index in [4.69, 9.17) is 0 Å². The highest BCUT2D eigenvalue weighted by Crippen LogP contribution is 2.08. The van der Waals surface area contributed by atoms with Gasteiger partial charge in [0.1, 0.15) is 0 Å². The van der Waals surface area contributed by atoms with Gasteiger partial charge < -0.3 is 0 Å². The van der Waals surface area contributed by atoms with E-state index < -0.39 is 0 Å². The van der Waals surface area contributed by atoms with Crippen LogP contribution in [0.25, 0.3) is 0 Å². The van der Waals surface area contributed by atoms with Gasteiger partial charge in [0.05, 0.1) is 0 Å². The van der Waals surface area contributed by atoms with Crippen LogP contribution in [-0.4, -0.2) is 15.7 Å². The van der Waals surface area contributed by atoms with E-state index in [1.807, 2.05) is 25.1 Å².